The van der Waals surface area contributed by atoms with Crippen molar-refractivity contribution in [3.63, 3.8) is 0 Å². The van der Waals surface area contributed by atoms with Gasteiger partial charge in [0.25, 0.3) is 17.6 Å². The van der Waals surface area contributed by atoms with Crippen LogP contribution in [0.3, 0.4) is 0 Å². The first kappa shape index (κ1) is 21.7. The number of halogens is 1. The van der Waals surface area contributed by atoms with Gasteiger partial charge in [-0.15, -0.1) is 0 Å². The van der Waals surface area contributed by atoms with Gasteiger partial charge in [0, 0.05) is 24.5 Å². The quantitative estimate of drug-likeness (QED) is 0.575. The van der Waals surface area contributed by atoms with E-state index in [4.69, 9.17) is 0 Å². The van der Waals surface area contributed by atoms with Crippen molar-refractivity contribution in [2.45, 2.75) is 58.9 Å². The zero-order valence-corrected chi connectivity index (χ0v) is 17.9. The number of rotatable bonds is 5. The highest BCUT2D eigenvalue weighted by molar-refractivity contribution is 6.43. The number of nitrogens with zero attached hydrogens (tertiary/aromatic N) is 1. The zero-order chi connectivity index (χ0) is 22.0. The van der Waals surface area contributed by atoms with Gasteiger partial charge in [-0.05, 0) is 62.9 Å². The molecule has 1 aliphatic carbocycles. The van der Waals surface area contributed by atoms with Crippen molar-refractivity contribution < 1.29 is 18.8 Å². The van der Waals surface area contributed by atoms with Gasteiger partial charge in [-0.3, -0.25) is 14.4 Å². The summed E-state index contributed by atoms with van der Waals surface area (Å²) in [6.07, 6.45) is 5.02. The monoisotopic (exact) mass is 413 g/mol. The molecular formula is C23H28FN3O3. The molecule has 0 unspecified atom stereocenters. The summed E-state index contributed by atoms with van der Waals surface area (Å²) in [6, 6.07) is 4.35. The molecule has 0 atom stereocenters. The lowest BCUT2D eigenvalue weighted by Crippen LogP contribution is -2.41. The molecule has 1 saturated carbocycles. The van der Waals surface area contributed by atoms with E-state index in [1.807, 2.05) is 0 Å². The molecule has 2 amide bonds. The molecule has 6 nitrogen and oxygen atoms in total. The van der Waals surface area contributed by atoms with E-state index >= 15 is 0 Å². The van der Waals surface area contributed by atoms with Crippen LogP contribution in [-0.2, 0) is 11.8 Å². The molecule has 0 aliphatic heterocycles. The topological polar surface area (TPSA) is 80.2 Å². The van der Waals surface area contributed by atoms with Crippen LogP contribution < -0.4 is 10.6 Å². The Kier molecular flexibility index (Phi) is 6.39. The second kappa shape index (κ2) is 8.81. The number of amides is 2. The molecule has 2 N–H and O–H groups in total. The molecular weight excluding hydrogens is 385 g/mol. The van der Waals surface area contributed by atoms with Gasteiger partial charge < -0.3 is 15.2 Å². The number of anilines is 1. The molecule has 30 heavy (non-hydrogen) atoms. The van der Waals surface area contributed by atoms with Crippen molar-refractivity contribution >= 4 is 23.3 Å². The third-order valence-corrected chi connectivity index (χ3v) is 5.94. The summed E-state index contributed by atoms with van der Waals surface area (Å²) in [7, 11) is 1.67. The van der Waals surface area contributed by atoms with Crippen molar-refractivity contribution in [1.82, 2.24) is 9.88 Å². The van der Waals surface area contributed by atoms with Gasteiger partial charge in [-0.25, -0.2) is 4.39 Å². The summed E-state index contributed by atoms with van der Waals surface area (Å²) in [5.41, 5.74) is 2.47. The number of carbonyl (C=O) groups is 3. The molecule has 0 radical (unpaired) electrons. The highest BCUT2D eigenvalue weighted by Gasteiger charge is 2.29. The first-order valence-corrected chi connectivity index (χ1v) is 10.3. The Labute approximate surface area is 175 Å². The molecule has 160 valence electrons. The number of benzene rings is 1. The third kappa shape index (κ3) is 4.30. The van der Waals surface area contributed by atoms with Crippen LogP contribution in [0.1, 0.15) is 69.8 Å². The Morgan fingerprint density at radius 3 is 2.37 bits per heavy atom. The van der Waals surface area contributed by atoms with Gasteiger partial charge in [0.2, 0.25) is 0 Å². The summed E-state index contributed by atoms with van der Waals surface area (Å²) in [4.78, 5) is 38.3. The molecule has 1 fully saturated rings. The van der Waals surface area contributed by atoms with E-state index in [0.29, 0.717) is 28.1 Å². The molecule has 0 spiro atoms. The lowest BCUT2D eigenvalue weighted by Gasteiger charge is -2.22. The van der Waals surface area contributed by atoms with E-state index in [9.17, 15) is 18.8 Å². The second-order valence-electron chi connectivity index (χ2n) is 8.05. The van der Waals surface area contributed by atoms with Gasteiger partial charge in [0.05, 0.1) is 11.3 Å². The summed E-state index contributed by atoms with van der Waals surface area (Å²) < 4.78 is 15.1. The minimum Gasteiger partial charge on any atom is -0.346 e. The molecule has 0 bridgehead atoms. The van der Waals surface area contributed by atoms with Crippen LogP contribution in [0.25, 0.3) is 0 Å². The van der Waals surface area contributed by atoms with Crippen LogP contribution in [0.2, 0.25) is 0 Å². The molecule has 1 heterocycles. The van der Waals surface area contributed by atoms with Gasteiger partial charge in [-0.2, -0.15) is 0 Å². The van der Waals surface area contributed by atoms with E-state index in [1.165, 1.54) is 12.1 Å². The van der Waals surface area contributed by atoms with Crippen molar-refractivity contribution in [1.29, 1.82) is 0 Å². The predicted octanol–water partition coefficient (Wildman–Crippen LogP) is 3.97. The number of ketones is 1. The maximum absolute atomic E-state index is 13.5. The number of hydrogen-bond donors (Lipinski definition) is 2. The maximum Gasteiger partial charge on any atom is 0.294 e. The Morgan fingerprint density at radius 2 is 1.73 bits per heavy atom. The number of carbonyl (C=O) groups excluding carboxylic acids is 3. The smallest absolute Gasteiger partial charge is 0.294 e. The average molecular weight is 413 g/mol. The minimum absolute atomic E-state index is 0.0290. The van der Waals surface area contributed by atoms with Gasteiger partial charge in [-0.1, -0.05) is 19.3 Å². The Balaban J connectivity index is 1.83. The van der Waals surface area contributed by atoms with E-state index in [2.05, 4.69) is 10.6 Å². The lowest BCUT2D eigenvalue weighted by molar-refractivity contribution is -0.117. The van der Waals surface area contributed by atoms with E-state index in [1.54, 1.807) is 38.5 Å². The van der Waals surface area contributed by atoms with Crippen LogP contribution >= 0.6 is 0 Å². The Bertz CT molecular complexity index is 1000. The fourth-order valence-electron chi connectivity index (χ4n) is 4.16. The largest absolute Gasteiger partial charge is 0.346 e. The second-order valence-corrected chi connectivity index (χ2v) is 8.05. The molecule has 1 aliphatic rings. The molecule has 0 saturated heterocycles. The minimum atomic E-state index is -0.639. The first-order valence-electron chi connectivity index (χ1n) is 10.3. The lowest BCUT2D eigenvalue weighted by atomic mass is 9.95. The summed E-state index contributed by atoms with van der Waals surface area (Å²) in [5.74, 6) is -2.03. The predicted molar refractivity (Wildman–Crippen MR) is 113 cm³/mol. The van der Waals surface area contributed by atoms with E-state index < -0.39 is 17.6 Å². The highest BCUT2D eigenvalue weighted by Crippen LogP contribution is 2.24. The van der Waals surface area contributed by atoms with Gasteiger partial charge in [0.1, 0.15) is 5.82 Å². The first-order chi connectivity index (χ1) is 14.2. The molecule has 1 aromatic heterocycles. The fraction of sp³-hybridized carbons (Fsp3) is 0.435. The Morgan fingerprint density at radius 1 is 1.07 bits per heavy atom. The van der Waals surface area contributed by atoms with Gasteiger partial charge in [0.15, 0.2) is 0 Å². The highest BCUT2D eigenvalue weighted by atomic mass is 19.1. The van der Waals surface area contributed by atoms with Crippen LogP contribution in [0.5, 0.6) is 0 Å². The van der Waals surface area contributed by atoms with Crippen molar-refractivity contribution in [2.75, 3.05) is 5.32 Å². The normalized spacial score (nSPS) is 14.4. The van der Waals surface area contributed by atoms with Crippen LogP contribution in [0, 0.1) is 26.6 Å². The molecule has 3 rings (SSSR count). The number of hydrogen-bond acceptors (Lipinski definition) is 3. The summed E-state index contributed by atoms with van der Waals surface area (Å²) in [5, 5.41) is 5.59. The van der Waals surface area contributed by atoms with Crippen molar-refractivity contribution in [2.24, 2.45) is 7.05 Å². The standard InChI is InChI=1S/C23H28FN3O3/c1-13-12-17(10-11-18(13)24)26-22(29)19-14(2)20(27(4)15(19)3)21(28)23(30)25-16-8-6-5-7-9-16/h10-12,16H,5-9H2,1-4H3,(H,25,30)(H,26,29). The number of aryl methyl sites for hydroxylation is 1. The maximum atomic E-state index is 13.5. The van der Waals surface area contributed by atoms with Crippen molar-refractivity contribution in [3.8, 4) is 0 Å². The number of aromatic nitrogens is 1. The van der Waals surface area contributed by atoms with Crippen LogP contribution in [0.15, 0.2) is 18.2 Å². The van der Waals surface area contributed by atoms with Crippen molar-refractivity contribution in [3.05, 3.63) is 52.1 Å². The summed E-state index contributed by atoms with van der Waals surface area (Å²) in [6.45, 7) is 5.01. The third-order valence-electron chi connectivity index (χ3n) is 5.94. The van der Waals surface area contributed by atoms with Crippen LogP contribution in [-0.4, -0.2) is 28.2 Å². The fourth-order valence-corrected chi connectivity index (χ4v) is 4.16. The Hall–Kier alpha value is -2.96. The molecule has 2 aromatic rings. The zero-order valence-electron chi connectivity index (χ0n) is 17.9. The average Bonchev–Trinajstić information content (AvgIpc) is 2.93. The molecule has 7 heteroatoms. The SMILES string of the molecule is Cc1cc(NC(=O)c2c(C)c(C(=O)C(=O)NC3CCCCC3)n(C)c2C)ccc1F. The number of nitrogens with one attached hydrogen (secondary N) is 2. The van der Waals surface area contributed by atoms with E-state index in [0.717, 1.165) is 32.1 Å². The van der Waals surface area contributed by atoms with Crippen LogP contribution in [0.4, 0.5) is 10.1 Å². The van der Waals surface area contributed by atoms with E-state index in [-0.39, 0.29) is 17.6 Å². The summed E-state index contributed by atoms with van der Waals surface area (Å²) >= 11 is 0. The van der Waals surface area contributed by atoms with Gasteiger partial charge >= 0.3 is 0 Å². The number of Topliss-reactive ketones (excluding diaryl/α,β-unsaturated/α-hetero) is 1. The molecule has 1 aromatic carbocycles.